The first kappa shape index (κ1) is 53.2. The van der Waals surface area contributed by atoms with Crippen molar-refractivity contribution in [3.63, 3.8) is 0 Å². The molecule has 3 amide bonds. The molecule has 0 bridgehead atoms. The van der Waals surface area contributed by atoms with E-state index in [4.69, 9.17) is 16.2 Å². The number of carbonyl (C=O) groups excluding carboxylic acids is 3. The highest BCUT2D eigenvalue weighted by atomic mass is 16.5. The van der Waals surface area contributed by atoms with Crippen molar-refractivity contribution in [1.29, 1.82) is 0 Å². The van der Waals surface area contributed by atoms with Crippen LogP contribution in [0.4, 0.5) is 0 Å². The second-order valence-corrected chi connectivity index (χ2v) is 17.1. The van der Waals surface area contributed by atoms with E-state index in [1.54, 1.807) is 4.90 Å². The lowest BCUT2D eigenvalue weighted by atomic mass is 9.94. The molecule has 1 aliphatic heterocycles. The van der Waals surface area contributed by atoms with Crippen LogP contribution in [0.3, 0.4) is 0 Å². The molecule has 0 aromatic rings. The maximum atomic E-state index is 13.9. The molecule has 1 rings (SSSR count). The van der Waals surface area contributed by atoms with E-state index in [9.17, 15) is 29.7 Å². The molecule has 0 aliphatic carbocycles. The molecule has 1 fully saturated rings. The molecule has 8 N–H and O–H groups in total. The third-order valence-electron chi connectivity index (χ3n) is 11.8. The summed E-state index contributed by atoms with van der Waals surface area (Å²) in [7, 11) is 0. The van der Waals surface area contributed by atoms with Crippen LogP contribution in [-0.4, -0.2) is 87.7 Å². The van der Waals surface area contributed by atoms with Gasteiger partial charge in [0.15, 0.2) is 6.23 Å². The predicted molar refractivity (Wildman–Crippen MR) is 232 cm³/mol. The number of hydrogen-bond donors (Lipinski definition) is 6. The van der Waals surface area contributed by atoms with Crippen LogP contribution in [0, 0.1) is 0 Å². The summed E-state index contributed by atoms with van der Waals surface area (Å²) in [6, 6.07) is -2.49. The molecular formula is C46H90N4O7. The minimum absolute atomic E-state index is 0.156. The summed E-state index contributed by atoms with van der Waals surface area (Å²) < 4.78 is 6.08. The van der Waals surface area contributed by atoms with Crippen LogP contribution in [0.25, 0.3) is 0 Å². The lowest BCUT2D eigenvalue weighted by Gasteiger charge is -2.47. The van der Waals surface area contributed by atoms with E-state index in [1.165, 1.54) is 148 Å². The number of nitrogens with one attached hydrogen (secondary N) is 1. The second kappa shape index (κ2) is 36.1. The molecule has 0 unspecified atom stereocenters. The Morgan fingerprint density at radius 2 is 0.965 bits per heavy atom. The molecule has 0 saturated carbocycles. The van der Waals surface area contributed by atoms with Crippen LogP contribution in [0.15, 0.2) is 0 Å². The molecule has 0 aromatic carbocycles. The number of aliphatic hydroxyl groups excluding tert-OH is 3. The highest BCUT2D eigenvalue weighted by Gasteiger charge is 2.48. The predicted octanol–water partition coefficient (Wildman–Crippen LogP) is 8.46. The number of unbranched alkanes of at least 4 members (excludes halogenated alkanes) is 29. The monoisotopic (exact) mass is 811 g/mol. The maximum Gasteiger partial charge on any atom is 0.237 e. The van der Waals surface area contributed by atoms with E-state index in [1.807, 2.05) is 0 Å². The van der Waals surface area contributed by atoms with E-state index >= 15 is 0 Å². The number of nitrogens with zero attached hydrogens (tertiary/aromatic N) is 1. The van der Waals surface area contributed by atoms with Gasteiger partial charge in [-0.15, -0.1) is 0 Å². The van der Waals surface area contributed by atoms with E-state index in [0.29, 0.717) is 25.8 Å². The fraction of sp³-hybridized carbons (Fsp3) is 0.935. The van der Waals surface area contributed by atoms with Gasteiger partial charge in [-0.3, -0.25) is 14.4 Å². The Labute approximate surface area is 348 Å². The van der Waals surface area contributed by atoms with Crippen LogP contribution in [-0.2, 0) is 19.1 Å². The molecule has 1 heterocycles. The van der Waals surface area contributed by atoms with Gasteiger partial charge in [0.05, 0.1) is 19.1 Å². The van der Waals surface area contributed by atoms with Crippen molar-refractivity contribution in [3.05, 3.63) is 0 Å². The highest BCUT2D eigenvalue weighted by Crippen LogP contribution is 2.26. The van der Waals surface area contributed by atoms with Gasteiger partial charge in [0, 0.05) is 13.0 Å². The molecule has 0 radical (unpaired) electrons. The van der Waals surface area contributed by atoms with Crippen molar-refractivity contribution in [3.8, 4) is 0 Å². The van der Waals surface area contributed by atoms with Gasteiger partial charge in [0.2, 0.25) is 17.7 Å². The molecule has 0 aromatic heterocycles. The van der Waals surface area contributed by atoms with E-state index in [0.717, 1.165) is 38.5 Å². The first-order chi connectivity index (χ1) is 27.7. The summed E-state index contributed by atoms with van der Waals surface area (Å²) in [6.45, 7) is 4.29. The first-order valence-corrected chi connectivity index (χ1v) is 23.9. The minimum Gasteiger partial charge on any atom is -0.394 e. The quantitative estimate of drug-likeness (QED) is 0.0334. The van der Waals surface area contributed by atoms with Gasteiger partial charge in [-0.25, -0.2) is 0 Å². The summed E-state index contributed by atoms with van der Waals surface area (Å²) in [5.74, 6) is -1.66. The number of primary amides is 1. The van der Waals surface area contributed by atoms with Gasteiger partial charge in [-0.1, -0.05) is 200 Å². The molecule has 6 atom stereocenters. The number of carbonyl (C=O) groups is 3. The van der Waals surface area contributed by atoms with Gasteiger partial charge in [0.1, 0.15) is 24.4 Å². The number of nitrogens with two attached hydrogens (primary N) is 2. The Hall–Kier alpha value is -1.79. The smallest absolute Gasteiger partial charge is 0.237 e. The van der Waals surface area contributed by atoms with Crippen molar-refractivity contribution >= 4 is 17.7 Å². The molecule has 11 nitrogen and oxygen atoms in total. The molecule has 11 heteroatoms. The van der Waals surface area contributed by atoms with Gasteiger partial charge in [0.25, 0.3) is 0 Å². The Morgan fingerprint density at radius 3 is 1.33 bits per heavy atom. The van der Waals surface area contributed by atoms with Gasteiger partial charge in [-0.05, 0) is 12.8 Å². The van der Waals surface area contributed by atoms with Gasteiger partial charge in [-0.2, -0.15) is 0 Å². The van der Waals surface area contributed by atoms with Crippen LogP contribution in [0.2, 0.25) is 0 Å². The minimum atomic E-state index is -1.54. The number of aliphatic hydroxyl groups is 3. The number of hydrogen-bond acceptors (Lipinski definition) is 8. The van der Waals surface area contributed by atoms with Crippen LogP contribution in [0.1, 0.15) is 226 Å². The maximum absolute atomic E-state index is 13.9. The zero-order chi connectivity index (χ0) is 41.9. The number of rotatable bonds is 39. The number of amides is 3. The topological polar surface area (TPSA) is 188 Å². The van der Waals surface area contributed by atoms with E-state index in [-0.39, 0.29) is 5.91 Å². The third kappa shape index (κ3) is 26.1. The standard InChI is InChI=1S/C46H90N4O7/c1-3-5-7-9-11-13-15-17-19-21-23-25-27-29-31-33-35-50(41(53)34-32-30-28-26-24-22-20-18-16-14-12-10-8-6-4-2)46-42(44(55)43(54)39(37-51)57-46)49-45(56)38(47)36-40(48)52/h38-39,42-44,46,51,54-55H,3-37,47H2,1-2H3,(H2,48,52)(H,49,56)/t38-,39+,42+,43+,44+,46+/m0/s1. The third-order valence-corrected chi connectivity index (χ3v) is 11.8. The largest absolute Gasteiger partial charge is 0.394 e. The lowest BCUT2D eigenvalue weighted by Crippen LogP contribution is -2.69. The normalized spacial score (nSPS) is 20.1. The Bertz CT molecular complexity index is 988. The molecule has 336 valence electrons. The molecule has 57 heavy (non-hydrogen) atoms. The van der Waals surface area contributed by atoms with Gasteiger partial charge < -0.3 is 41.7 Å². The van der Waals surface area contributed by atoms with Crippen molar-refractivity contribution < 1.29 is 34.4 Å². The zero-order valence-electron chi connectivity index (χ0n) is 36.8. The SMILES string of the molecule is CCCCCCCCCCCCCCCCCCN(C(=O)CCCCCCCCCCCCCCCCC)[C@@H]1O[C@H](CO)[C@@H](O)[C@H](O)[C@H]1NC(=O)[C@@H](N)CC(N)=O. The van der Waals surface area contributed by atoms with Crippen LogP contribution < -0.4 is 16.8 Å². The van der Waals surface area contributed by atoms with Crippen molar-refractivity contribution in [2.24, 2.45) is 11.5 Å². The van der Waals surface area contributed by atoms with Crippen LogP contribution in [0.5, 0.6) is 0 Å². The Morgan fingerprint density at radius 1 is 0.596 bits per heavy atom. The molecule has 1 saturated heterocycles. The fourth-order valence-corrected chi connectivity index (χ4v) is 8.12. The Balaban J connectivity index is 2.64. The summed E-state index contributed by atoms with van der Waals surface area (Å²) >= 11 is 0. The molecule has 0 spiro atoms. The summed E-state index contributed by atoms with van der Waals surface area (Å²) in [6.07, 6.45) is 32.7. The van der Waals surface area contributed by atoms with Crippen molar-refractivity contribution in [2.45, 2.75) is 262 Å². The average Bonchev–Trinajstić information content (AvgIpc) is 3.19. The van der Waals surface area contributed by atoms with E-state index < -0.39 is 61.5 Å². The summed E-state index contributed by atoms with van der Waals surface area (Å²) in [4.78, 5) is 39.9. The highest BCUT2D eigenvalue weighted by molar-refractivity contribution is 5.87. The number of ether oxygens (including phenoxy) is 1. The lowest BCUT2D eigenvalue weighted by molar-refractivity contribution is -0.231. The average molecular weight is 811 g/mol. The van der Waals surface area contributed by atoms with Crippen molar-refractivity contribution in [1.82, 2.24) is 10.2 Å². The molecular weight excluding hydrogens is 721 g/mol. The zero-order valence-corrected chi connectivity index (χ0v) is 36.8. The Kier molecular flexibility index (Phi) is 33.7. The van der Waals surface area contributed by atoms with Crippen molar-refractivity contribution in [2.75, 3.05) is 13.2 Å². The van der Waals surface area contributed by atoms with Gasteiger partial charge >= 0.3 is 0 Å². The summed E-state index contributed by atoms with van der Waals surface area (Å²) in [5, 5.41) is 34.5. The summed E-state index contributed by atoms with van der Waals surface area (Å²) in [5.41, 5.74) is 11.2. The fourth-order valence-electron chi connectivity index (χ4n) is 8.12. The second-order valence-electron chi connectivity index (χ2n) is 17.1. The van der Waals surface area contributed by atoms with Crippen LogP contribution >= 0.6 is 0 Å². The van der Waals surface area contributed by atoms with E-state index in [2.05, 4.69) is 19.2 Å². The molecule has 1 aliphatic rings. The first-order valence-electron chi connectivity index (χ1n) is 23.9.